The molecule has 8 heteroatoms. The lowest BCUT2D eigenvalue weighted by Gasteiger charge is -2.32. The highest BCUT2D eigenvalue weighted by atomic mass is 16.7. The van der Waals surface area contributed by atoms with E-state index in [9.17, 15) is 14.9 Å². The van der Waals surface area contributed by atoms with Crippen molar-refractivity contribution in [2.24, 2.45) is 0 Å². The Labute approximate surface area is 203 Å². The minimum absolute atomic E-state index is 0.0376. The molecule has 1 aliphatic rings. The zero-order valence-corrected chi connectivity index (χ0v) is 19.6. The summed E-state index contributed by atoms with van der Waals surface area (Å²) in [7, 11) is 0. The molecule has 4 rings (SSSR count). The van der Waals surface area contributed by atoms with E-state index in [0.717, 1.165) is 11.3 Å². The maximum absolute atomic E-state index is 13.8. The Hall–Kier alpha value is -4.33. The lowest BCUT2D eigenvalue weighted by atomic mass is 9.99. The number of ether oxygens (including phenoxy) is 2. The molecule has 0 radical (unpaired) electrons. The second-order valence-electron chi connectivity index (χ2n) is 8.47. The van der Waals surface area contributed by atoms with Gasteiger partial charge in [0.1, 0.15) is 6.04 Å². The van der Waals surface area contributed by atoms with E-state index in [1.165, 1.54) is 12.1 Å². The van der Waals surface area contributed by atoms with Crippen molar-refractivity contribution in [2.75, 3.05) is 23.6 Å². The Balaban J connectivity index is 1.82. The maximum Gasteiger partial charge on any atom is 0.279 e. The van der Waals surface area contributed by atoms with Crippen molar-refractivity contribution in [2.45, 2.75) is 25.8 Å². The monoisotopic (exact) mass is 473 g/mol. The first kappa shape index (κ1) is 23.8. The minimum Gasteiger partial charge on any atom is -0.454 e. The number of fused-ring (bicyclic) bond motifs is 1. The van der Waals surface area contributed by atoms with Crippen LogP contribution in [0.15, 0.2) is 79.4 Å². The van der Waals surface area contributed by atoms with Crippen LogP contribution in [0.5, 0.6) is 11.5 Å². The lowest BCUT2D eigenvalue weighted by molar-refractivity contribution is -0.385. The van der Waals surface area contributed by atoms with Crippen LogP contribution in [0.2, 0.25) is 0 Å². The van der Waals surface area contributed by atoms with Crippen LogP contribution in [-0.2, 0) is 4.79 Å². The third-order valence-corrected chi connectivity index (χ3v) is 5.83. The fourth-order valence-electron chi connectivity index (χ4n) is 4.06. The highest BCUT2D eigenvalue weighted by molar-refractivity contribution is 5.98. The van der Waals surface area contributed by atoms with Gasteiger partial charge in [-0.3, -0.25) is 14.9 Å². The molecule has 35 heavy (non-hydrogen) atoms. The van der Waals surface area contributed by atoms with E-state index >= 15 is 0 Å². The van der Waals surface area contributed by atoms with Crippen LogP contribution in [0.25, 0.3) is 0 Å². The second-order valence-corrected chi connectivity index (χ2v) is 8.47. The van der Waals surface area contributed by atoms with Gasteiger partial charge >= 0.3 is 0 Å². The number of rotatable bonds is 9. The van der Waals surface area contributed by atoms with Crippen molar-refractivity contribution >= 4 is 23.0 Å². The summed E-state index contributed by atoms with van der Waals surface area (Å²) in [6.45, 7) is 8.26. The summed E-state index contributed by atoms with van der Waals surface area (Å²) in [5, 5.41) is 15.0. The van der Waals surface area contributed by atoms with Crippen molar-refractivity contribution in [1.29, 1.82) is 0 Å². The smallest absolute Gasteiger partial charge is 0.279 e. The van der Waals surface area contributed by atoms with Crippen LogP contribution in [-0.4, -0.2) is 24.2 Å². The Morgan fingerprint density at radius 3 is 2.37 bits per heavy atom. The Morgan fingerprint density at radius 2 is 1.77 bits per heavy atom. The van der Waals surface area contributed by atoms with Gasteiger partial charge in [-0.15, -0.1) is 6.58 Å². The van der Waals surface area contributed by atoms with E-state index in [-0.39, 0.29) is 30.3 Å². The molecule has 0 saturated carbocycles. The molecule has 1 amide bonds. The molecule has 0 saturated heterocycles. The summed E-state index contributed by atoms with van der Waals surface area (Å²) in [6.07, 6.45) is 1.66. The van der Waals surface area contributed by atoms with Gasteiger partial charge in [0.15, 0.2) is 11.5 Å². The van der Waals surface area contributed by atoms with E-state index < -0.39 is 16.9 Å². The molecule has 180 valence electrons. The van der Waals surface area contributed by atoms with Gasteiger partial charge in [0, 0.05) is 17.9 Å². The number of nitro groups is 1. The fraction of sp³-hybridized carbons (Fsp3) is 0.222. The summed E-state index contributed by atoms with van der Waals surface area (Å²) in [5.41, 5.74) is 2.42. The zero-order valence-electron chi connectivity index (χ0n) is 19.6. The van der Waals surface area contributed by atoms with Gasteiger partial charge in [-0.25, -0.2) is 0 Å². The molecule has 0 spiro atoms. The average Bonchev–Trinajstić information content (AvgIpc) is 3.31. The Kier molecular flexibility index (Phi) is 7.01. The molecule has 0 fully saturated rings. The highest BCUT2D eigenvalue weighted by Crippen LogP contribution is 2.42. The number of para-hydroxylation sites is 1. The van der Waals surface area contributed by atoms with Crippen molar-refractivity contribution in [3.05, 3.63) is 101 Å². The SMILES string of the molecule is C=CCN(c1ccccc1)[C@H](C(=O)Nc1ccc(C(C)C)cc1)c1cc2c(cc1[N+](=O)[O-])OCO2. The number of amides is 1. The van der Waals surface area contributed by atoms with Gasteiger partial charge in [0.05, 0.1) is 16.6 Å². The molecule has 0 aliphatic carbocycles. The molecular formula is C27H27N3O5. The third-order valence-electron chi connectivity index (χ3n) is 5.83. The predicted octanol–water partition coefficient (Wildman–Crippen LogP) is 5.82. The predicted molar refractivity (Wildman–Crippen MR) is 135 cm³/mol. The van der Waals surface area contributed by atoms with Crippen LogP contribution < -0.4 is 19.7 Å². The number of nitrogens with zero attached hydrogens (tertiary/aromatic N) is 2. The molecule has 1 N–H and O–H groups in total. The first-order valence-electron chi connectivity index (χ1n) is 11.3. The minimum atomic E-state index is -1.05. The van der Waals surface area contributed by atoms with Crippen molar-refractivity contribution < 1.29 is 19.2 Å². The molecular weight excluding hydrogens is 446 g/mol. The number of nitrogens with one attached hydrogen (secondary N) is 1. The number of nitro benzene ring substituents is 1. The van der Waals surface area contributed by atoms with E-state index in [1.54, 1.807) is 11.0 Å². The van der Waals surface area contributed by atoms with Crippen LogP contribution in [0, 0.1) is 10.1 Å². The molecule has 1 atom stereocenters. The van der Waals surface area contributed by atoms with Crippen molar-refractivity contribution in [3.8, 4) is 11.5 Å². The number of benzene rings is 3. The van der Waals surface area contributed by atoms with E-state index in [4.69, 9.17) is 9.47 Å². The highest BCUT2D eigenvalue weighted by Gasteiger charge is 2.36. The normalized spacial score (nSPS) is 12.8. The molecule has 1 heterocycles. The number of carbonyl (C=O) groups is 1. The Bertz CT molecular complexity index is 1230. The van der Waals surface area contributed by atoms with Crippen molar-refractivity contribution in [3.63, 3.8) is 0 Å². The number of carbonyl (C=O) groups excluding carboxylic acids is 1. The van der Waals surface area contributed by atoms with Crippen LogP contribution in [0.1, 0.15) is 36.9 Å². The van der Waals surface area contributed by atoms with E-state index in [1.807, 2.05) is 54.6 Å². The van der Waals surface area contributed by atoms with Gasteiger partial charge in [0.2, 0.25) is 6.79 Å². The molecule has 3 aromatic carbocycles. The summed E-state index contributed by atoms with van der Waals surface area (Å²) in [4.78, 5) is 27.1. The zero-order chi connectivity index (χ0) is 24.9. The maximum atomic E-state index is 13.8. The van der Waals surface area contributed by atoms with Crippen LogP contribution in [0.4, 0.5) is 17.1 Å². The largest absolute Gasteiger partial charge is 0.454 e. The van der Waals surface area contributed by atoms with Gasteiger partial charge in [0.25, 0.3) is 11.6 Å². The van der Waals surface area contributed by atoms with E-state index in [0.29, 0.717) is 17.4 Å². The molecule has 8 nitrogen and oxygen atoms in total. The van der Waals surface area contributed by atoms with Gasteiger partial charge in [-0.05, 0) is 41.8 Å². The first-order valence-corrected chi connectivity index (χ1v) is 11.3. The van der Waals surface area contributed by atoms with Crippen LogP contribution >= 0.6 is 0 Å². The van der Waals surface area contributed by atoms with Crippen LogP contribution in [0.3, 0.4) is 0 Å². The summed E-state index contributed by atoms with van der Waals surface area (Å²) in [6, 6.07) is 18.6. The third kappa shape index (κ3) is 5.11. The van der Waals surface area contributed by atoms with Crippen molar-refractivity contribution in [1.82, 2.24) is 0 Å². The average molecular weight is 474 g/mol. The molecule has 1 aliphatic heterocycles. The summed E-state index contributed by atoms with van der Waals surface area (Å²) < 4.78 is 10.8. The molecule has 3 aromatic rings. The Morgan fingerprint density at radius 1 is 1.11 bits per heavy atom. The van der Waals surface area contributed by atoms with Gasteiger partial charge in [-0.1, -0.05) is 50.3 Å². The molecule has 0 bridgehead atoms. The van der Waals surface area contributed by atoms with Gasteiger partial charge in [-0.2, -0.15) is 0 Å². The number of hydrogen-bond acceptors (Lipinski definition) is 6. The standard InChI is InChI=1S/C27H27N3O5/c1-4-14-29(21-8-6-5-7-9-21)26(27(31)28-20-12-10-19(11-13-20)18(2)3)22-15-24-25(35-17-34-24)16-23(22)30(32)33/h4-13,15-16,18,26H,1,14,17H2,2-3H3,(H,28,31)/t26-/m0/s1. The second kappa shape index (κ2) is 10.3. The quantitative estimate of drug-likeness (QED) is 0.239. The molecule has 0 unspecified atom stereocenters. The topological polar surface area (TPSA) is 93.9 Å². The van der Waals surface area contributed by atoms with Gasteiger partial charge < -0.3 is 19.7 Å². The lowest BCUT2D eigenvalue weighted by Crippen LogP contribution is -2.38. The fourth-order valence-corrected chi connectivity index (χ4v) is 4.06. The molecule has 0 aromatic heterocycles. The number of anilines is 2. The summed E-state index contributed by atoms with van der Waals surface area (Å²) in [5.74, 6) is 0.565. The van der Waals surface area contributed by atoms with E-state index in [2.05, 4.69) is 25.7 Å². The summed E-state index contributed by atoms with van der Waals surface area (Å²) >= 11 is 0. The number of hydrogen-bond donors (Lipinski definition) is 1. The first-order chi connectivity index (χ1) is 16.9.